The number of nitrogens with one attached hydrogen (secondary N) is 1. The van der Waals surface area contributed by atoms with Crippen molar-refractivity contribution < 1.29 is 4.74 Å². The number of hydrogen-bond acceptors (Lipinski definition) is 6. The van der Waals surface area contributed by atoms with Crippen molar-refractivity contribution in [1.29, 1.82) is 0 Å². The minimum atomic E-state index is 0.353. The van der Waals surface area contributed by atoms with Gasteiger partial charge in [-0.15, -0.1) is 15.3 Å². The molecule has 1 saturated heterocycles. The number of hydrogen-bond donors (Lipinski definition) is 1. The molecule has 1 fully saturated rings. The number of aromatic nitrogens is 6. The average molecular weight is 363 g/mol. The molecule has 0 saturated carbocycles. The van der Waals surface area contributed by atoms with Crippen LogP contribution >= 0.6 is 0 Å². The molecule has 0 radical (unpaired) electrons. The topological polar surface area (TPSA) is 84.2 Å². The van der Waals surface area contributed by atoms with Gasteiger partial charge >= 0.3 is 0 Å². The van der Waals surface area contributed by atoms with Crippen LogP contribution in [0.2, 0.25) is 0 Å². The molecular formula is C19H21N7O. The summed E-state index contributed by atoms with van der Waals surface area (Å²) in [7, 11) is 1.62. The van der Waals surface area contributed by atoms with Gasteiger partial charge in [-0.05, 0) is 44.1 Å². The molecule has 1 aliphatic rings. The summed E-state index contributed by atoms with van der Waals surface area (Å²) >= 11 is 0. The van der Waals surface area contributed by atoms with Crippen molar-refractivity contribution >= 4 is 16.7 Å². The van der Waals surface area contributed by atoms with Gasteiger partial charge in [-0.1, -0.05) is 12.1 Å². The average Bonchev–Trinajstić information content (AvgIpc) is 3.31. The normalized spacial score (nSPS) is 16.3. The smallest absolute Gasteiger partial charge is 0.231 e. The number of likely N-dealkylation sites (tertiary alicyclic amines) is 1. The first kappa shape index (κ1) is 16.2. The number of aromatic amines is 1. The second kappa shape index (κ2) is 6.62. The van der Waals surface area contributed by atoms with E-state index in [1.54, 1.807) is 7.11 Å². The Bertz CT molecular complexity index is 1040. The van der Waals surface area contributed by atoms with E-state index in [9.17, 15) is 0 Å². The number of rotatable bonds is 4. The van der Waals surface area contributed by atoms with Gasteiger partial charge in [-0.2, -0.15) is 4.52 Å². The largest absolute Gasteiger partial charge is 0.480 e. The monoisotopic (exact) mass is 363 g/mol. The number of methoxy groups -OCH3 is 1. The Labute approximate surface area is 156 Å². The van der Waals surface area contributed by atoms with Crippen LogP contribution in [0.15, 0.2) is 36.4 Å². The minimum absolute atomic E-state index is 0.353. The highest BCUT2D eigenvalue weighted by Crippen LogP contribution is 2.28. The molecule has 0 bridgehead atoms. The highest BCUT2D eigenvalue weighted by atomic mass is 16.5. The molecular weight excluding hydrogens is 342 g/mol. The molecule has 8 heteroatoms. The summed E-state index contributed by atoms with van der Waals surface area (Å²) in [5.41, 5.74) is 2.88. The Balaban J connectivity index is 1.28. The maximum atomic E-state index is 5.24. The zero-order valence-corrected chi connectivity index (χ0v) is 15.2. The molecule has 0 aliphatic carbocycles. The van der Waals surface area contributed by atoms with E-state index in [1.807, 2.05) is 34.8 Å². The van der Waals surface area contributed by atoms with Crippen LogP contribution in [-0.2, 0) is 6.54 Å². The van der Waals surface area contributed by atoms with Crippen LogP contribution in [0, 0.1) is 0 Å². The summed E-state index contributed by atoms with van der Waals surface area (Å²) in [6, 6.07) is 11.9. The van der Waals surface area contributed by atoms with Gasteiger partial charge in [0, 0.05) is 12.0 Å². The number of nitrogens with zero attached hydrogens (tertiary/aromatic N) is 6. The van der Waals surface area contributed by atoms with Gasteiger partial charge in [-0.25, -0.2) is 4.98 Å². The third kappa shape index (κ3) is 3.02. The molecule has 3 aromatic heterocycles. The summed E-state index contributed by atoms with van der Waals surface area (Å²) in [6.45, 7) is 2.84. The Morgan fingerprint density at radius 2 is 1.96 bits per heavy atom. The van der Waals surface area contributed by atoms with Crippen LogP contribution < -0.4 is 4.74 Å². The van der Waals surface area contributed by atoms with Gasteiger partial charge in [0.05, 0.1) is 24.7 Å². The zero-order valence-electron chi connectivity index (χ0n) is 15.2. The summed E-state index contributed by atoms with van der Waals surface area (Å²) in [4.78, 5) is 10.5. The van der Waals surface area contributed by atoms with Crippen molar-refractivity contribution in [2.75, 3.05) is 20.2 Å². The lowest BCUT2D eigenvalue weighted by Crippen LogP contribution is -2.33. The fourth-order valence-corrected chi connectivity index (χ4v) is 3.79. The lowest BCUT2D eigenvalue weighted by molar-refractivity contribution is 0.197. The number of fused-ring (bicyclic) bond motifs is 2. The quantitative estimate of drug-likeness (QED) is 0.599. The fourth-order valence-electron chi connectivity index (χ4n) is 3.79. The molecule has 138 valence electrons. The molecule has 4 aromatic rings. The Kier molecular flexibility index (Phi) is 3.97. The van der Waals surface area contributed by atoms with Gasteiger partial charge in [0.1, 0.15) is 5.82 Å². The Hall–Kier alpha value is -3.00. The van der Waals surface area contributed by atoms with Crippen molar-refractivity contribution in [3.8, 4) is 5.88 Å². The maximum absolute atomic E-state index is 5.24. The van der Waals surface area contributed by atoms with E-state index >= 15 is 0 Å². The number of imidazole rings is 1. The van der Waals surface area contributed by atoms with Crippen molar-refractivity contribution in [1.82, 2.24) is 34.7 Å². The predicted molar refractivity (Wildman–Crippen MR) is 101 cm³/mol. The number of para-hydroxylation sites is 2. The second-order valence-electron chi connectivity index (χ2n) is 6.95. The molecule has 0 atom stereocenters. The highest BCUT2D eigenvalue weighted by molar-refractivity contribution is 5.74. The number of H-pyrrole nitrogens is 1. The van der Waals surface area contributed by atoms with Crippen molar-refractivity contribution in [3.63, 3.8) is 0 Å². The molecule has 1 aliphatic heterocycles. The van der Waals surface area contributed by atoms with Crippen LogP contribution in [0.5, 0.6) is 5.88 Å². The molecule has 0 unspecified atom stereocenters. The van der Waals surface area contributed by atoms with Gasteiger partial charge in [-0.3, -0.25) is 4.90 Å². The molecule has 8 nitrogen and oxygen atoms in total. The fraction of sp³-hybridized carbons (Fsp3) is 0.368. The first-order valence-electron chi connectivity index (χ1n) is 9.22. The number of benzene rings is 1. The lowest BCUT2D eigenvalue weighted by atomic mass is 9.96. The minimum Gasteiger partial charge on any atom is -0.480 e. The van der Waals surface area contributed by atoms with Crippen LogP contribution in [0.4, 0.5) is 0 Å². The van der Waals surface area contributed by atoms with Crippen molar-refractivity contribution in [2.45, 2.75) is 25.3 Å². The van der Waals surface area contributed by atoms with E-state index in [0.717, 1.165) is 60.8 Å². The molecule has 5 rings (SSSR count). The molecule has 4 heterocycles. The zero-order chi connectivity index (χ0) is 18.2. The molecule has 1 N–H and O–H groups in total. The molecule has 0 spiro atoms. The SMILES string of the molecule is COc1ccc2nnc(C3CCN(Cc4nc5ccccc5[nH]4)CC3)n2n1. The van der Waals surface area contributed by atoms with Crippen LogP contribution in [0.3, 0.4) is 0 Å². The third-order valence-corrected chi connectivity index (χ3v) is 5.24. The highest BCUT2D eigenvalue weighted by Gasteiger charge is 2.25. The van der Waals surface area contributed by atoms with E-state index in [2.05, 4.69) is 36.2 Å². The second-order valence-corrected chi connectivity index (χ2v) is 6.95. The van der Waals surface area contributed by atoms with E-state index < -0.39 is 0 Å². The van der Waals surface area contributed by atoms with Crippen LogP contribution in [-0.4, -0.2) is 54.9 Å². The summed E-state index contributed by atoms with van der Waals surface area (Å²) in [6.07, 6.45) is 2.06. The summed E-state index contributed by atoms with van der Waals surface area (Å²) in [5.74, 6) is 2.87. The van der Waals surface area contributed by atoms with Crippen molar-refractivity contribution in [2.24, 2.45) is 0 Å². The van der Waals surface area contributed by atoms with Gasteiger partial charge in [0.2, 0.25) is 5.88 Å². The van der Waals surface area contributed by atoms with Crippen LogP contribution in [0.25, 0.3) is 16.7 Å². The van der Waals surface area contributed by atoms with E-state index in [1.165, 1.54) is 0 Å². The Morgan fingerprint density at radius 1 is 1.11 bits per heavy atom. The van der Waals surface area contributed by atoms with Crippen LogP contribution in [0.1, 0.15) is 30.4 Å². The molecule has 1 aromatic carbocycles. The maximum Gasteiger partial charge on any atom is 0.231 e. The summed E-state index contributed by atoms with van der Waals surface area (Å²) in [5, 5.41) is 13.1. The standard InChI is InChI=1S/C19H21N7O/c1-27-18-7-6-17-22-23-19(26(17)24-18)13-8-10-25(11-9-13)12-16-20-14-4-2-3-5-15(14)21-16/h2-7,13H,8-12H2,1H3,(H,20,21). The number of piperidine rings is 1. The lowest BCUT2D eigenvalue weighted by Gasteiger charge is -2.30. The first-order chi connectivity index (χ1) is 13.3. The predicted octanol–water partition coefficient (Wildman–Crippen LogP) is 2.39. The van der Waals surface area contributed by atoms with E-state index in [-0.39, 0.29) is 0 Å². The molecule has 27 heavy (non-hydrogen) atoms. The molecule has 0 amide bonds. The number of ether oxygens (including phenoxy) is 1. The van der Waals surface area contributed by atoms with Crippen molar-refractivity contribution in [3.05, 3.63) is 48.0 Å². The van der Waals surface area contributed by atoms with Gasteiger partial charge < -0.3 is 9.72 Å². The summed E-state index contributed by atoms with van der Waals surface area (Å²) < 4.78 is 7.05. The third-order valence-electron chi connectivity index (χ3n) is 5.24. The van der Waals surface area contributed by atoms with Gasteiger partial charge in [0.15, 0.2) is 11.5 Å². The Morgan fingerprint density at radius 3 is 2.78 bits per heavy atom. The first-order valence-corrected chi connectivity index (χ1v) is 9.22. The van der Waals surface area contributed by atoms with Gasteiger partial charge in [0.25, 0.3) is 0 Å². The van der Waals surface area contributed by atoms with E-state index in [0.29, 0.717) is 11.8 Å². The van der Waals surface area contributed by atoms with E-state index in [4.69, 9.17) is 4.74 Å².